The fourth-order valence-electron chi connectivity index (χ4n) is 3.33. The van der Waals surface area contributed by atoms with Crippen LogP contribution in [0.5, 0.6) is 0 Å². The molecule has 0 aromatic heterocycles. The van der Waals surface area contributed by atoms with E-state index in [2.05, 4.69) is 10.2 Å². The minimum atomic E-state index is -4.10. The molecular formula is C15H27F3N2O2. The zero-order valence-corrected chi connectivity index (χ0v) is 13.2. The van der Waals surface area contributed by atoms with Gasteiger partial charge < -0.3 is 15.2 Å². The number of morpholine rings is 1. The molecule has 0 aromatic rings. The van der Waals surface area contributed by atoms with Gasteiger partial charge in [-0.15, -0.1) is 0 Å². The summed E-state index contributed by atoms with van der Waals surface area (Å²) in [6, 6.07) is -0.156. The molecule has 3 atom stereocenters. The highest BCUT2D eigenvalue weighted by atomic mass is 19.4. The first-order valence-electron chi connectivity index (χ1n) is 8.09. The van der Waals surface area contributed by atoms with Crippen molar-refractivity contribution >= 4 is 0 Å². The zero-order valence-electron chi connectivity index (χ0n) is 13.2. The monoisotopic (exact) mass is 324 g/mol. The van der Waals surface area contributed by atoms with Gasteiger partial charge in [0.2, 0.25) is 0 Å². The molecule has 1 aliphatic heterocycles. The Morgan fingerprint density at radius 1 is 1.23 bits per heavy atom. The highest BCUT2D eigenvalue weighted by molar-refractivity contribution is 4.86. The fraction of sp³-hybridized carbons (Fsp3) is 1.00. The molecule has 0 spiro atoms. The standard InChI is InChI=1S/C15H27F3N2O2/c1-14(21,11-20-5-7-22-8-6-20)10-19-13-4-2-3-12(9-13)15(16,17)18/h12-13,19,21H,2-11H2,1H3/t12-,13+,14+/m1/s1. The lowest BCUT2D eigenvalue weighted by molar-refractivity contribution is -0.183. The van der Waals surface area contributed by atoms with Crippen molar-refractivity contribution in [3.8, 4) is 0 Å². The lowest BCUT2D eigenvalue weighted by atomic mass is 9.85. The predicted octanol–water partition coefficient (Wildman–Crippen LogP) is 1.78. The molecule has 1 saturated carbocycles. The number of ether oxygens (including phenoxy) is 1. The minimum absolute atomic E-state index is 0.122. The largest absolute Gasteiger partial charge is 0.391 e. The van der Waals surface area contributed by atoms with Crippen molar-refractivity contribution in [3.63, 3.8) is 0 Å². The third-order valence-electron chi connectivity index (χ3n) is 4.58. The van der Waals surface area contributed by atoms with Gasteiger partial charge in [-0.25, -0.2) is 0 Å². The lowest BCUT2D eigenvalue weighted by Crippen LogP contribution is -2.52. The molecule has 2 N–H and O–H groups in total. The zero-order chi connectivity index (χ0) is 16.2. The van der Waals surface area contributed by atoms with Gasteiger partial charge in [0.15, 0.2) is 0 Å². The second kappa shape index (κ2) is 7.47. The van der Waals surface area contributed by atoms with E-state index in [4.69, 9.17) is 4.74 Å². The average molecular weight is 324 g/mol. The van der Waals surface area contributed by atoms with Crippen LogP contribution in [0.15, 0.2) is 0 Å². The van der Waals surface area contributed by atoms with Crippen LogP contribution >= 0.6 is 0 Å². The van der Waals surface area contributed by atoms with Crippen LogP contribution in [0.25, 0.3) is 0 Å². The van der Waals surface area contributed by atoms with Gasteiger partial charge in [-0.1, -0.05) is 6.42 Å². The van der Waals surface area contributed by atoms with Gasteiger partial charge >= 0.3 is 6.18 Å². The summed E-state index contributed by atoms with van der Waals surface area (Å²) < 4.78 is 43.7. The molecule has 2 fully saturated rings. The van der Waals surface area contributed by atoms with Crippen LogP contribution in [0, 0.1) is 5.92 Å². The molecule has 0 bridgehead atoms. The molecule has 1 saturated heterocycles. The highest BCUT2D eigenvalue weighted by Crippen LogP contribution is 2.37. The van der Waals surface area contributed by atoms with Crippen LogP contribution in [0.3, 0.4) is 0 Å². The van der Waals surface area contributed by atoms with Crippen LogP contribution in [0.2, 0.25) is 0 Å². The summed E-state index contributed by atoms with van der Waals surface area (Å²) in [7, 11) is 0. The lowest BCUT2D eigenvalue weighted by Gasteiger charge is -2.36. The van der Waals surface area contributed by atoms with Crippen molar-refractivity contribution in [1.29, 1.82) is 0 Å². The first kappa shape index (κ1) is 18.0. The van der Waals surface area contributed by atoms with E-state index in [0.29, 0.717) is 32.7 Å². The van der Waals surface area contributed by atoms with Crippen LogP contribution < -0.4 is 5.32 Å². The van der Waals surface area contributed by atoms with Gasteiger partial charge in [-0.05, 0) is 26.2 Å². The van der Waals surface area contributed by atoms with E-state index in [1.165, 1.54) is 0 Å². The van der Waals surface area contributed by atoms with E-state index in [0.717, 1.165) is 19.5 Å². The number of nitrogens with one attached hydrogen (secondary N) is 1. The Hall–Kier alpha value is -0.370. The van der Waals surface area contributed by atoms with Crippen molar-refractivity contribution in [2.45, 2.75) is 50.4 Å². The summed E-state index contributed by atoms with van der Waals surface area (Å²) in [5.41, 5.74) is -0.942. The molecule has 0 unspecified atom stereocenters. The number of alkyl halides is 3. The van der Waals surface area contributed by atoms with Gasteiger partial charge in [-0.3, -0.25) is 4.90 Å². The summed E-state index contributed by atoms with van der Waals surface area (Å²) in [6.45, 7) is 5.47. The molecule has 130 valence electrons. The van der Waals surface area contributed by atoms with Crippen molar-refractivity contribution < 1.29 is 23.0 Å². The van der Waals surface area contributed by atoms with E-state index >= 15 is 0 Å². The van der Waals surface area contributed by atoms with E-state index in [1.54, 1.807) is 6.92 Å². The molecular weight excluding hydrogens is 297 g/mol. The van der Waals surface area contributed by atoms with Crippen LogP contribution in [-0.4, -0.2) is 67.2 Å². The molecule has 0 aromatic carbocycles. The van der Waals surface area contributed by atoms with Gasteiger partial charge in [0.05, 0.1) is 24.7 Å². The maximum absolute atomic E-state index is 12.8. The van der Waals surface area contributed by atoms with Gasteiger partial charge in [-0.2, -0.15) is 13.2 Å². The maximum atomic E-state index is 12.8. The number of aliphatic hydroxyl groups is 1. The molecule has 7 heteroatoms. The predicted molar refractivity (Wildman–Crippen MR) is 77.7 cm³/mol. The fourth-order valence-corrected chi connectivity index (χ4v) is 3.33. The Kier molecular flexibility index (Phi) is 6.10. The molecule has 0 radical (unpaired) electrons. The molecule has 2 rings (SSSR count). The number of nitrogens with zero attached hydrogens (tertiary/aromatic N) is 1. The van der Waals surface area contributed by atoms with Crippen molar-refractivity contribution in [3.05, 3.63) is 0 Å². The molecule has 1 aliphatic carbocycles. The van der Waals surface area contributed by atoms with E-state index in [9.17, 15) is 18.3 Å². The topological polar surface area (TPSA) is 44.7 Å². The molecule has 1 heterocycles. The Bertz CT molecular complexity index is 344. The third-order valence-corrected chi connectivity index (χ3v) is 4.58. The minimum Gasteiger partial charge on any atom is -0.388 e. The van der Waals surface area contributed by atoms with Crippen LogP contribution in [-0.2, 0) is 4.74 Å². The summed E-state index contributed by atoms with van der Waals surface area (Å²) in [4.78, 5) is 2.13. The Morgan fingerprint density at radius 2 is 1.91 bits per heavy atom. The van der Waals surface area contributed by atoms with E-state index in [1.807, 2.05) is 0 Å². The normalized spacial score (nSPS) is 31.0. The van der Waals surface area contributed by atoms with E-state index in [-0.39, 0.29) is 18.9 Å². The van der Waals surface area contributed by atoms with Crippen molar-refractivity contribution in [2.75, 3.05) is 39.4 Å². The SMILES string of the molecule is C[C@](O)(CN[C@H]1CCC[C@@H](C(F)(F)F)C1)CN1CCOCC1. The molecule has 0 amide bonds. The summed E-state index contributed by atoms with van der Waals surface area (Å²) in [5, 5.41) is 13.6. The first-order valence-corrected chi connectivity index (χ1v) is 8.09. The summed E-state index contributed by atoms with van der Waals surface area (Å²) in [6.07, 6.45) is -2.41. The number of β-amino-alcohol motifs (C(OH)–C–C–N with tert-alkyl or cyclic N) is 1. The summed E-state index contributed by atoms with van der Waals surface area (Å²) in [5.74, 6) is -1.21. The van der Waals surface area contributed by atoms with E-state index < -0.39 is 17.7 Å². The van der Waals surface area contributed by atoms with Gasteiger partial charge in [0.25, 0.3) is 0 Å². The van der Waals surface area contributed by atoms with Gasteiger partial charge in [0.1, 0.15) is 0 Å². The molecule has 22 heavy (non-hydrogen) atoms. The van der Waals surface area contributed by atoms with Crippen LogP contribution in [0.1, 0.15) is 32.6 Å². The van der Waals surface area contributed by atoms with Crippen LogP contribution in [0.4, 0.5) is 13.2 Å². The van der Waals surface area contributed by atoms with Gasteiger partial charge in [0, 0.05) is 32.2 Å². The van der Waals surface area contributed by atoms with Crippen molar-refractivity contribution in [2.24, 2.45) is 5.92 Å². The third kappa shape index (κ3) is 5.68. The molecule has 2 aliphatic rings. The number of hydrogen-bond donors (Lipinski definition) is 2. The maximum Gasteiger partial charge on any atom is 0.391 e. The average Bonchev–Trinajstić information content (AvgIpc) is 2.45. The Balaban J connectivity index is 1.75. The number of hydrogen-bond acceptors (Lipinski definition) is 4. The Labute approximate surface area is 130 Å². The molecule has 4 nitrogen and oxygen atoms in total. The second-order valence-corrected chi connectivity index (χ2v) is 6.87. The quantitative estimate of drug-likeness (QED) is 0.809. The number of halogens is 3. The Morgan fingerprint density at radius 3 is 2.55 bits per heavy atom. The number of rotatable bonds is 5. The second-order valence-electron chi connectivity index (χ2n) is 6.87. The smallest absolute Gasteiger partial charge is 0.388 e. The highest BCUT2D eigenvalue weighted by Gasteiger charge is 2.42. The van der Waals surface area contributed by atoms with Crippen molar-refractivity contribution in [1.82, 2.24) is 10.2 Å². The summed E-state index contributed by atoms with van der Waals surface area (Å²) >= 11 is 0. The first-order chi connectivity index (χ1) is 10.3.